The second-order valence-corrected chi connectivity index (χ2v) is 3.60. The van der Waals surface area contributed by atoms with Crippen molar-refractivity contribution in [1.29, 1.82) is 0 Å². The van der Waals surface area contributed by atoms with Crippen LogP contribution in [0, 0.1) is 12.7 Å². The van der Waals surface area contributed by atoms with Crippen molar-refractivity contribution in [2.75, 3.05) is 12.8 Å². The molecule has 0 aliphatic rings. The lowest BCUT2D eigenvalue weighted by atomic mass is 10.1. The van der Waals surface area contributed by atoms with Crippen LogP contribution in [0.2, 0.25) is 0 Å². The van der Waals surface area contributed by atoms with Gasteiger partial charge in [-0.15, -0.1) is 0 Å². The Morgan fingerprint density at radius 2 is 2.21 bits per heavy atom. The lowest BCUT2D eigenvalue weighted by molar-refractivity contribution is 0.0596. The lowest BCUT2D eigenvalue weighted by Gasteiger charge is -2.09. The predicted octanol–water partition coefficient (Wildman–Crippen LogP) is 2.27. The summed E-state index contributed by atoms with van der Waals surface area (Å²) >= 11 is 3.13. The average Bonchev–Trinajstić information content (AvgIpc) is 2.14. The highest BCUT2D eigenvalue weighted by atomic mass is 79.9. The Morgan fingerprint density at radius 1 is 1.64 bits per heavy atom. The fraction of sp³-hybridized carbons (Fsp3) is 0.222. The van der Waals surface area contributed by atoms with Crippen LogP contribution in [0.15, 0.2) is 10.5 Å². The van der Waals surface area contributed by atoms with Crippen LogP contribution in [-0.4, -0.2) is 13.1 Å². The number of methoxy groups -OCH3 is 1. The fourth-order valence-corrected chi connectivity index (χ4v) is 1.46. The van der Waals surface area contributed by atoms with Gasteiger partial charge in [-0.2, -0.15) is 0 Å². The van der Waals surface area contributed by atoms with E-state index in [2.05, 4.69) is 20.7 Å². The predicted molar refractivity (Wildman–Crippen MR) is 54.6 cm³/mol. The molecule has 0 atom stereocenters. The molecule has 0 aliphatic heterocycles. The second kappa shape index (κ2) is 3.96. The summed E-state index contributed by atoms with van der Waals surface area (Å²) in [5, 5.41) is 0. The zero-order chi connectivity index (χ0) is 10.9. The third-order valence-electron chi connectivity index (χ3n) is 1.91. The zero-order valence-corrected chi connectivity index (χ0v) is 9.31. The molecule has 76 valence electrons. The molecule has 0 radical (unpaired) electrons. The van der Waals surface area contributed by atoms with E-state index in [-0.39, 0.29) is 11.3 Å². The Kier molecular flexibility index (Phi) is 3.10. The topological polar surface area (TPSA) is 52.3 Å². The van der Waals surface area contributed by atoms with Crippen molar-refractivity contribution >= 4 is 27.6 Å². The molecule has 0 aromatic heterocycles. The van der Waals surface area contributed by atoms with Crippen molar-refractivity contribution in [2.45, 2.75) is 6.92 Å². The van der Waals surface area contributed by atoms with Crippen LogP contribution >= 0.6 is 15.9 Å². The van der Waals surface area contributed by atoms with Gasteiger partial charge in [0.2, 0.25) is 0 Å². The molecule has 0 aliphatic carbocycles. The van der Waals surface area contributed by atoms with Gasteiger partial charge in [-0.25, -0.2) is 9.18 Å². The first-order valence-corrected chi connectivity index (χ1v) is 4.60. The number of esters is 1. The van der Waals surface area contributed by atoms with Gasteiger partial charge < -0.3 is 10.5 Å². The van der Waals surface area contributed by atoms with Crippen LogP contribution in [0.4, 0.5) is 10.1 Å². The summed E-state index contributed by atoms with van der Waals surface area (Å²) in [6, 6.07) is 1.19. The van der Waals surface area contributed by atoms with Crippen molar-refractivity contribution in [3.63, 3.8) is 0 Å². The number of hydrogen-bond donors (Lipinski definition) is 1. The lowest BCUT2D eigenvalue weighted by Crippen LogP contribution is -2.10. The second-order valence-electron chi connectivity index (χ2n) is 2.75. The minimum atomic E-state index is -0.768. The highest BCUT2D eigenvalue weighted by Gasteiger charge is 2.19. The molecule has 1 aromatic carbocycles. The Balaban J connectivity index is 3.44. The van der Waals surface area contributed by atoms with E-state index in [1.54, 1.807) is 6.92 Å². The summed E-state index contributed by atoms with van der Waals surface area (Å²) in [5.74, 6) is -1.46. The van der Waals surface area contributed by atoms with E-state index >= 15 is 0 Å². The molecule has 0 fully saturated rings. The molecule has 0 amide bonds. The van der Waals surface area contributed by atoms with Gasteiger partial charge in [-0.1, -0.05) is 15.9 Å². The van der Waals surface area contributed by atoms with Gasteiger partial charge in [0.15, 0.2) is 0 Å². The Hall–Kier alpha value is -1.10. The van der Waals surface area contributed by atoms with Gasteiger partial charge in [0.1, 0.15) is 11.4 Å². The zero-order valence-electron chi connectivity index (χ0n) is 7.73. The largest absolute Gasteiger partial charge is 0.465 e. The number of carbonyl (C=O) groups is 1. The van der Waals surface area contributed by atoms with Crippen molar-refractivity contribution in [3.8, 4) is 0 Å². The molecule has 0 unspecified atom stereocenters. The molecule has 5 heteroatoms. The van der Waals surface area contributed by atoms with Crippen LogP contribution in [0.5, 0.6) is 0 Å². The maximum atomic E-state index is 13.3. The van der Waals surface area contributed by atoms with Gasteiger partial charge in [0, 0.05) is 4.47 Å². The van der Waals surface area contributed by atoms with Gasteiger partial charge in [-0.3, -0.25) is 0 Å². The van der Waals surface area contributed by atoms with Crippen molar-refractivity contribution in [2.24, 2.45) is 0 Å². The standard InChI is InChI=1S/C9H9BrFNO2/c1-4-5(10)3-6(11)7(8(4)12)9(13)14-2/h3H,12H2,1-2H3. The normalized spacial score (nSPS) is 10.0. The van der Waals surface area contributed by atoms with Gasteiger partial charge >= 0.3 is 5.97 Å². The number of anilines is 1. The van der Waals surface area contributed by atoms with E-state index in [1.165, 1.54) is 13.2 Å². The van der Waals surface area contributed by atoms with E-state index in [0.717, 1.165) is 0 Å². The summed E-state index contributed by atoms with van der Waals surface area (Å²) < 4.78 is 18.3. The van der Waals surface area contributed by atoms with Gasteiger partial charge in [-0.05, 0) is 18.6 Å². The number of halogens is 2. The average molecular weight is 262 g/mol. The number of carbonyl (C=O) groups excluding carboxylic acids is 1. The van der Waals surface area contributed by atoms with E-state index in [0.29, 0.717) is 10.0 Å². The molecule has 2 N–H and O–H groups in total. The summed E-state index contributed by atoms with van der Waals surface area (Å²) in [6.45, 7) is 1.69. The first-order valence-electron chi connectivity index (χ1n) is 3.81. The molecule has 1 aromatic rings. The Labute approximate surface area is 89.2 Å². The molecule has 3 nitrogen and oxygen atoms in total. The van der Waals surface area contributed by atoms with Crippen molar-refractivity contribution in [1.82, 2.24) is 0 Å². The summed E-state index contributed by atoms with van der Waals surface area (Å²) in [5.41, 5.74) is 6.09. The van der Waals surface area contributed by atoms with Crippen LogP contribution in [0.25, 0.3) is 0 Å². The molecule has 0 heterocycles. The van der Waals surface area contributed by atoms with Crippen LogP contribution in [0.1, 0.15) is 15.9 Å². The number of nitrogen functional groups attached to an aromatic ring is 1. The molecule has 0 spiro atoms. The van der Waals surface area contributed by atoms with E-state index in [1.807, 2.05) is 0 Å². The van der Waals surface area contributed by atoms with Crippen molar-refractivity contribution < 1.29 is 13.9 Å². The molecule has 14 heavy (non-hydrogen) atoms. The Bertz CT molecular complexity index is 393. The molecule has 0 bridgehead atoms. The maximum absolute atomic E-state index is 13.3. The smallest absolute Gasteiger partial charge is 0.342 e. The highest BCUT2D eigenvalue weighted by molar-refractivity contribution is 9.10. The molecule has 0 saturated carbocycles. The van der Waals surface area contributed by atoms with Crippen molar-refractivity contribution in [3.05, 3.63) is 27.5 Å². The number of ether oxygens (including phenoxy) is 1. The van der Waals surface area contributed by atoms with Gasteiger partial charge in [0.05, 0.1) is 12.8 Å². The van der Waals surface area contributed by atoms with Gasteiger partial charge in [0.25, 0.3) is 0 Å². The molecular weight excluding hydrogens is 253 g/mol. The summed E-state index contributed by atoms with van der Waals surface area (Å²) in [7, 11) is 1.18. The number of hydrogen-bond acceptors (Lipinski definition) is 3. The highest BCUT2D eigenvalue weighted by Crippen LogP contribution is 2.28. The molecule has 0 saturated heterocycles. The number of benzene rings is 1. The fourth-order valence-electron chi connectivity index (χ4n) is 1.05. The van der Waals surface area contributed by atoms with E-state index in [4.69, 9.17) is 5.73 Å². The van der Waals surface area contributed by atoms with Crippen LogP contribution in [-0.2, 0) is 4.74 Å². The minimum absolute atomic E-state index is 0.101. The Morgan fingerprint density at radius 3 is 2.71 bits per heavy atom. The third kappa shape index (κ3) is 1.72. The van der Waals surface area contributed by atoms with Crippen LogP contribution < -0.4 is 5.73 Å². The first kappa shape index (κ1) is 11.0. The summed E-state index contributed by atoms with van der Waals surface area (Å²) in [4.78, 5) is 11.2. The summed E-state index contributed by atoms with van der Waals surface area (Å²) in [6.07, 6.45) is 0. The number of nitrogens with two attached hydrogens (primary N) is 1. The van der Waals surface area contributed by atoms with E-state index in [9.17, 15) is 9.18 Å². The maximum Gasteiger partial charge on any atom is 0.342 e. The van der Waals surface area contributed by atoms with Crippen LogP contribution in [0.3, 0.4) is 0 Å². The molecule has 1 rings (SSSR count). The minimum Gasteiger partial charge on any atom is -0.465 e. The first-order chi connectivity index (χ1) is 6.49. The SMILES string of the molecule is COC(=O)c1c(F)cc(Br)c(C)c1N. The third-order valence-corrected chi connectivity index (χ3v) is 2.74. The number of rotatable bonds is 1. The van der Waals surface area contributed by atoms with E-state index < -0.39 is 11.8 Å². The molecular formula is C9H9BrFNO2. The monoisotopic (exact) mass is 261 g/mol. The quantitative estimate of drug-likeness (QED) is 0.623.